The lowest BCUT2D eigenvalue weighted by Gasteiger charge is -2.33. The molecule has 1 aromatic carbocycles. The number of aromatic amines is 1. The minimum Gasteiger partial charge on any atom is -0.480 e. The van der Waals surface area contributed by atoms with E-state index in [0.717, 1.165) is 42.8 Å². The number of H-pyrrole nitrogens is 1. The first-order valence-corrected chi connectivity index (χ1v) is 12.3. The smallest absolute Gasteiger partial charge is 0.328 e. The Hall–Kier alpha value is -4.48. The van der Waals surface area contributed by atoms with Gasteiger partial charge in [-0.15, -0.1) is 0 Å². The summed E-state index contributed by atoms with van der Waals surface area (Å²) in [6.07, 6.45) is 6.90. The first kappa shape index (κ1) is 23.0. The van der Waals surface area contributed by atoms with Crippen LogP contribution < -0.4 is 10.6 Å². The van der Waals surface area contributed by atoms with E-state index in [1.807, 2.05) is 47.4 Å². The van der Waals surface area contributed by atoms with Gasteiger partial charge in [-0.2, -0.15) is 5.10 Å². The summed E-state index contributed by atoms with van der Waals surface area (Å²) in [4.78, 5) is 43.3. The van der Waals surface area contributed by atoms with E-state index >= 15 is 0 Å². The van der Waals surface area contributed by atoms with Gasteiger partial charge in [0.15, 0.2) is 17.0 Å². The van der Waals surface area contributed by atoms with Gasteiger partial charge in [0.25, 0.3) is 0 Å². The van der Waals surface area contributed by atoms with Crippen molar-refractivity contribution in [2.45, 2.75) is 38.3 Å². The average Bonchev–Trinajstić information content (AvgIpc) is 3.60. The molecular weight excluding hydrogens is 474 g/mol. The van der Waals surface area contributed by atoms with Gasteiger partial charge in [-0.05, 0) is 31.4 Å². The maximum absolute atomic E-state index is 12.7. The third-order valence-corrected chi connectivity index (χ3v) is 7.24. The summed E-state index contributed by atoms with van der Waals surface area (Å²) in [5.41, 5.74) is 3.79. The zero-order valence-corrected chi connectivity index (χ0v) is 20.6. The third-order valence-electron chi connectivity index (χ3n) is 7.24. The molecule has 1 aliphatic heterocycles. The van der Waals surface area contributed by atoms with Crippen LogP contribution in [0.25, 0.3) is 33.6 Å². The third kappa shape index (κ3) is 3.76. The van der Waals surface area contributed by atoms with Gasteiger partial charge >= 0.3 is 11.7 Å². The minimum absolute atomic E-state index is 0.0767. The molecule has 5 aromatic rings. The lowest BCUT2D eigenvalue weighted by atomic mass is 10.0. The molecular formula is C25H27N9O3. The Morgan fingerprint density at radius 2 is 2.00 bits per heavy atom. The number of hydrogen-bond donors (Lipinski definition) is 2. The number of nitrogens with zero attached hydrogens (tertiary/aromatic N) is 8. The lowest BCUT2D eigenvalue weighted by molar-refractivity contribution is -0.141. The van der Waals surface area contributed by atoms with E-state index in [-0.39, 0.29) is 11.7 Å². The Labute approximate surface area is 211 Å². The SMILES string of the molecule is CCC(C(=O)O)n1cc(-c2nc3c(N4CCC(n5c(=O)[nH]c6ccccc65)CC4)ncnc3n2C)cn1. The number of hydrogen-bond acceptors (Lipinski definition) is 7. The number of aliphatic carboxylic acids is 1. The number of carboxylic acids is 1. The number of fused-ring (bicyclic) bond motifs is 2. The van der Waals surface area contributed by atoms with E-state index in [4.69, 9.17) is 4.98 Å². The summed E-state index contributed by atoms with van der Waals surface area (Å²) in [5.74, 6) is 0.470. The molecule has 1 atom stereocenters. The maximum Gasteiger partial charge on any atom is 0.328 e. The molecule has 1 saturated heterocycles. The minimum atomic E-state index is -0.923. The highest BCUT2D eigenvalue weighted by molar-refractivity contribution is 5.87. The fourth-order valence-corrected chi connectivity index (χ4v) is 5.35. The average molecular weight is 502 g/mol. The molecule has 1 fully saturated rings. The van der Waals surface area contributed by atoms with Crippen molar-refractivity contribution in [1.82, 2.24) is 38.9 Å². The molecule has 2 N–H and O–H groups in total. The number of benzene rings is 1. The number of rotatable bonds is 6. The lowest BCUT2D eigenvalue weighted by Crippen LogP contribution is -2.37. The number of para-hydroxylation sites is 2. The summed E-state index contributed by atoms with van der Waals surface area (Å²) in [5, 5.41) is 13.8. The number of carboxylic acid groups (broad SMARTS) is 1. The van der Waals surface area contributed by atoms with Crippen LogP contribution in [0.4, 0.5) is 5.82 Å². The van der Waals surface area contributed by atoms with Gasteiger partial charge < -0.3 is 19.6 Å². The molecule has 5 heterocycles. The van der Waals surface area contributed by atoms with Crippen LogP contribution in [0.3, 0.4) is 0 Å². The molecule has 1 aliphatic rings. The monoisotopic (exact) mass is 501 g/mol. The van der Waals surface area contributed by atoms with Crippen molar-refractivity contribution in [3.63, 3.8) is 0 Å². The summed E-state index contributed by atoms with van der Waals surface area (Å²) >= 11 is 0. The van der Waals surface area contributed by atoms with Crippen molar-refractivity contribution in [2.24, 2.45) is 7.05 Å². The Bertz CT molecular complexity index is 1670. The molecule has 1 unspecified atom stereocenters. The van der Waals surface area contributed by atoms with Crippen LogP contribution in [-0.4, -0.2) is 63.0 Å². The van der Waals surface area contributed by atoms with Gasteiger partial charge in [-0.25, -0.2) is 24.5 Å². The number of aromatic nitrogens is 8. The standard InChI is InChI=1S/C25H27N9O3/c1-3-18(24(35)36)33-13-15(12-28-33)21-30-20-22(31(21)2)26-14-27-23(20)32-10-8-16(9-11-32)34-19-7-5-4-6-17(19)29-25(34)37/h4-7,12-14,16,18H,3,8-11H2,1-2H3,(H,29,37)(H,35,36). The fourth-order valence-electron chi connectivity index (χ4n) is 5.35. The Morgan fingerprint density at radius 1 is 1.22 bits per heavy atom. The Balaban J connectivity index is 1.29. The largest absolute Gasteiger partial charge is 0.480 e. The van der Waals surface area contributed by atoms with E-state index in [9.17, 15) is 14.7 Å². The predicted octanol–water partition coefficient (Wildman–Crippen LogP) is 2.75. The van der Waals surface area contributed by atoms with Crippen LogP contribution in [0.5, 0.6) is 0 Å². The fraction of sp³-hybridized carbons (Fsp3) is 0.360. The molecule has 0 spiro atoms. The second-order valence-electron chi connectivity index (χ2n) is 9.37. The van der Waals surface area contributed by atoms with Crippen LogP contribution in [0.2, 0.25) is 0 Å². The second kappa shape index (κ2) is 8.87. The molecule has 190 valence electrons. The van der Waals surface area contributed by atoms with Crippen LogP contribution in [-0.2, 0) is 11.8 Å². The second-order valence-corrected chi connectivity index (χ2v) is 9.37. The summed E-state index contributed by atoms with van der Waals surface area (Å²) < 4.78 is 5.21. The topological polar surface area (TPSA) is 140 Å². The highest BCUT2D eigenvalue weighted by Gasteiger charge is 2.27. The first-order chi connectivity index (χ1) is 18.0. The molecule has 0 aliphatic carbocycles. The molecule has 6 rings (SSSR count). The Kier molecular flexibility index (Phi) is 5.50. The first-order valence-electron chi connectivity index (χ1n) is 12.3. The molecule has 37 heavy (non-hydrogen) atoms. The Morgan fingerprint density at radius 3 is 2.76 bits per heavy atom. The van der Waals surface area contributed by atoms with Crippen LogP contribution in [0.15, 0.2) is 47.8 Å². The van der Waals surface area contributed by atoms with Crippen molar-refractivity contribution in [1.29, 1.82) is 0 Å². The maximum atomic E-state index is 12.7. The van der Waals surface area contributed by atoms with E-state index < -0.39 is 12.0 Å². The highest BCUT2D eigenvalue weighted by Crippen LogP contribution is 2.32. The van der Waals surface area contributed by atoms with Gasteiger partial charge in [0, 0.05) is 32.4 Å². The van der Waals surface area contributed by atoms with E-state index in [1.54, 1.807) is 18.7 Å². The van der Waals surface area contributed by atoms with Crippen LogP contribution in [0, 0.1) is 0 Å². The zero-order chi connectivity index (χ0) is 25.7. The molecule has 12 nitrogen and oxygen atoms in total. The molecule has 12 heteroatoms. The number of piperidine rings is 1. The number of imidazole rings is 2. The van der Waals surface area contributed by atoms with E-state index in [0.29, 0.717) is 29.0 Å². The van der Waals surface area contributed by atoms with Gasteiger partial charge in [0.2, 0.25) is 0 Å². The van der Waals surface area contributed by atoms with Crippen molar-refractivity contribution in [3.05, 3.63) is 53.5 Å². The van der Waals surface area contributed by atoms with E-state index in [2.05, 4.69) is 25.0 Å². The van der Waals surface area contributed by atoms with Crippen LogP contribution >= 0.6 is 0 Å². The summed E-state index contributed by atoms with van der Waals surface area (Å²) in [6, 6.07) is 7.14. The normalized spacial score (nSPS) is 15.6. The predicted molar refractivity (Wildman–Crippen MR) is 138 cm³/mol. The number of nitrogens with one attached hydrogen (secondary N) is 1. The van der Waals surface area contributed by atoms with Crippen molar-refractivity contribution < 1.29 is 9.90 Å². The molecule has 0 bridgehead atoms. The molecule has 0 radical (unpaired) electrons. The van der Waals surface area contributed by atoms with Crippen molar-refractivity contribution in [2.75, 3.05) is 18.0 Å². The van der Waals surface area contributed by atoms with Crippen LogP contribution in [0.1, 0.15) is 38.3 Å². The molecule has 4 aromatic heterocycles. The van der Waals surface area contributed by atoms with Gasteiger partial charge in [0.1, 0.15) is 18.2 Å². The zero-order valence-electron chi connectivity index (χ0n) is 20.6. The van der Waals surface area contributed by atoms with Gasteiger partial charge in [-0.3, -0.25) is 9.25 Å². The quantitative estimate of drug-likeness (QED) is 0.362. The van der Waals surface area contributed by atoms with E-state index in [1.165, 1.54) is 4.68 Å². The molecule has 0 saturated carbocycles. The van der Waals surface area contributed by atoms with Crippen molar-refractivity contribution >= 4 is 34.0 Å². The number of carbonyl (C=O) groups is 1. The molecule has 0 amide bonds. The van der Waals surface area contributed by atoms with Crippen molar-refractivity contribution in [3.8, 4) is 11.4 Å². The number of anilines is 1. The number of aryl methyl sites for hydroxylation is 1. The highest BCUT2D eigenvalue weighted by atomic mass is 16.4. The van der Waals surface area contributed by atoms with Gasteiger partial charge in [-0.1, -0.05) is 19.1 Å². The summed E-state index contributed by atoms with van der Waals surface area (Å²) in [7, 11) is 1.88. The summed E-state index contributed by atoms with van der Waals surface area (Å²) in [6.45, 7) is 3.27. The van der Waals surface area contributed by atoms with Gasteiger partial charge in [0.05, 0.1) is 22.8 Å².